The fraction of sp³-hybridized carbons (Fsp3) is 0.375. The Morgan fingerprint density at radius 1 is 1.27 bits per heavy atom. The van der Waals surface area contributed by atoms with E-state index in [0.717, 1.165) is 11.3 Å². The zero-order valence-electron chi connectivity index (χ0n) is 12.6. The molecule has 22 heavy (non-hydrogen) atoms. The zero-order valence-corrected chi connectivity index (χ0v) is 12.6. The van der Waals surface area contributed by atoms with Gasteiger partial charge in [-0.05, 0) is 31.5 Å². The maximum atomic E-state index is 12.2. The van der Waals surface area contributed by atoms with Crippen LogP contribution in [0.3, 0.4) is 0 Å². The van der Waals surface area contributed by atoms with Gasteiger partial charge >= 0.3 is 12.0 Å². The number of likely N-dealkylation sites (N-methyl/N-ethyl adjacent to an activating group) is 1. The highest BCUT2D eigenvalue weighted by molar-refractivity contribution is 5.97. The number of rotatable bonds is 4. The second-order valence-corrected chi connectivity index (χ2v) is 5.07. The molecule has 116 valence electrons. The first-order valence-corrected chi connectivity index (χ1v) is 7.36. The van der Waals surface area contributed by atoms with Gasteiger partial charge in [0.25, 0.3) is 0 Å². The van der Waals surface area contributed by atoms with Crippen LogP contribution in [0.1, 0.15) is 25.5 Å². The zero-order chi connectivity index (χ0) is 15.7. The van der Waals surface area contributed by atoms with Gasteiger partial charge in [0, 0.05) is 6.54 Å². The molecule has 6 nitrogen and oxygen atoms in total. The lowest BCUT2D eigenvalue weighted by molar-refractivity contribution is -0.136. The molecule has 2 heterocycles. The van der Waals surface area contributed by atoms with E-state index in [1.54, 1.807) is 4.90 Å². The summed E-state index contributed by atoms with van der Waals surface area (Å²) in [5.41, 5.74) is 2.01. The number of cyclic esters (lactones) is 1. The van der Waals surface area contributed by atoms with Crippen molar-refractivity contribution in [2.75, 3.05) is 19.8 Å². The molecule has 0 aliphatic carbocycles. The highest BCUT2D eigenvalue weighted by Gasteiger charge is 2.41. The predicted molar refractivity (Wildman–Crippen MR) is 79.2 cm³/mol. The molecule has 0 saturated heterocycles. The van der Waals surface area contributed by atoms with Crippen LogP contribution >= 0.6 is 0 Å². The topological polar surface area (TPSA) is 67.9 Å². The standard InChI is InChI=1S/C16H18N2O4/c1-3-18-12-9-22-15(19)13(12)14(17-16(18)20)10-5-7-11(8-6-10)21-4-2/h5-8,14H,3-4,9H2,1-2H3,(H,17,20)/t14-/m0/s1. The Morgan fingerprint density at radius 3 is 2.64 bits per heavy atom. The van der Waals surface area contributed by atoms with Gasteiger partial charge in [0.05, 0.1) is 23.9 Å². The van der Waals surface area contributed by atoms with Gasteiger partial charge in [-0.3, -0.25) is 4.90 Å². The van der Waals surface area contributed by atoms with Crippen molar-refractivity contribution >= 4 is 12.0 Å². The van der Waals surface area contributed by atoms with Crippen molar-refractivity contribution in [1.82, 2.24) is 10.2 Å². The molecule has 0 fully saturated rings. The number of hydrogen-bond donors (Lipinski definition) is 1. The van der Waals surface area contributed by atoms with Crippen molar-refractivity contribution in [1.29, 1.82) is 0 Å². The first-order chi connectivity index (χ1) is 10.7. The SMILES string of the molecule is CCOc1ccc([C@@H]2NC(=O)N(CC)C3=C2C(=O)OC3)cc1. The first-order valence-electron chi connectivity index (χ1n) is 7.36. The number of hydrogen-bond acceptors (Lipinski definition) is 4. The van der Waals surface area contributed by atoms with Crippen LogP contribution in [0.2, 0.25) is 0 Å². The van der Waals surface area contributed by atoms with Crippen molar-refractivity contribution in [3.8, 4) is 5.75 Å². The van der Waals surface area contributed by atoms with Gasteiger partial charge in [-0.1, -0.05) is 12.1 Å². The molecule has 1 aromatic carbocycles. The van der Waals surface area contributed by atoms with Crippen molar-refractivity contribution in [3.63, 3.8) is 0 Å². The molecule has 0 bridgehead atoms. The second kappa shape index (κ2) is 5.71. The van der Waals surface area contributed by atoms with E-state index in [2.05, 4.69) is 5.32 Å². The molecule has 0 saturated carbocycles. The summed E-state index contributed by atoms with van der Waals surface area (Å²) in [5, 5.41) is 2.87. The average molecular weight is 302 g/mol. The van der Waals surface area contributed by atoms with Gasteiger partial charge in [-0.15, -0.1) is 0 Å². The lowest BCUT2D eigenvalue weighted by Crippen LogP contribution is -2.47. The maximum absolute atomic E-state index is 12.2. The van der Waals surface area contributed by atoms with Gasteiger partial charge in [-0.2, -0.15) is 0 Å². The molecular formula is C16H18N2O4. The predicted octanol–water partition coefficient (Wildman–Crippen LogP) is 1.98. The molecule has 6 heteroatoms. The van der Waals surface area contributed by atoms with E-state index in [1.807, 2.05) is 38.1 Å². The number of urea groups is 1. The largest absolute Gasteiger partial charge is 0.494 e. The molecule has 2 aliphatic rings. The number of carbonyl (C=O) groups is 2. The van der Waals surface area contributed by atoms with Crippen LogP contribution < -0.4 is 10.1 Å². The Kier molecular flexibility index (Phi) is 3.75. The highest BCUT2D eigenvalue weighted by Crippen LogP contribution is 2.35. The molecule has 2 aliphatic heterocycles. The van der Waals surface area contributed by atoms with Crippen LogP contribution in [0.5, 0.6) is 5.75 Å². The van der Waals surface area contributed by atoms with Crippen LogP contribution in [-0.4, -0.2) is 36.7 Å². The molecule has 0 radical (unpaired) electrons. The van der Waals surface area contributed by atoms with E-state index < -0.39 is 6.04 Å². The third kappa shape index (κ3) is 2.30. The fourth-order valence-corrected chi connectivity index (χ4v) is 2.82. The van der Waals surface area contributed by atoms with E-state index in [-0.39, 0.29) is 18.6 Å². The van der Waals surface area contributed by atoms with Crippen molar-refractivity contribution in [3.05, 3.63) is 41.1 Å². The molecule has 3 rings (SSSR count). The minimum atomic E-state index is -0.476. The Morgan fingerprint density at radius 2 is 2.00 bits per heavy atom. The highest BCUT2D eigenvalue weighted by atomic mass is 16.5. The van der Waals surface area contributed by atoms with Gasteiger partial charge < -0.3 is 14.8 Å². The second-order valence-electron chi connectivity index (χ2n) is 5.07. The minimum absolute atomic E-state index is 0.156. The normalized spacial score (nSPS) is 20.6. The monoisotopic (exact) mass is 302 g/mol. The first kappa shape index (κ1) is 14.4. The van der Waals surface area contributed by atoms with Gasteiger partial charge in [0.2, 0.25) is 0 Å². The summed E-state index contributed by atoms with van der Waals surface area (Å²) in [4.78, 5) is 25.8. The molecule has 0 spiro atoms. The number of amides is 2. The number of ether oxygens (including phenoxy) is 2. The van der Waals surface area contributed by atoms with Crippen molar-refractivity contribution in [2.45, 2.75) is 19.9 Å². The average Bonchev–Trinajstić information content (AvgIpc) is 2.90. The van der Waals surface area contributed by atoms with Crippen molar-refractivity contribution in [2.24, 2.45) is 0 Å². The van der Waals surface area contributed by atoms with E-state index in [0.29, 0.717) is 24.4 Å². The summed E-state index contributed by atoms with van der Waals surface area (Å²) < 4.78 is 10.5. The fourth-order valence-electron chi connectivity index (χ4n) is 2.82. The summed E-state index contributed by atoms with van der Waals surface area (Å²) in [6.07, 6.45) is 0. The van der Waals surface area contributed by atoms with Crippen LogP contribution in [-0.2, 0) is 9.53 Å². The molecule has 1 N–H and O–H groups in total. The molecule has 1 aromatic rings. The maximum Gasteiger partial charge on any atom is 0.338 e. The summed E-state index contributed by atoms with van der Waals surface area (Å²) in [6, 6.07) is 6.69. The number of nitrogens with zero attached hydrogens (tertiary/aromatic N) is 1. The summed E-state index contributed by atoms with van der Waals surface area (Å²) in [7, 11) is 0. The summed E-state index contributed by atoms with van der Waals surface area (Å²) in [6.45, 7) is 5.03. The van der Waals surface area contributed by atoms with E-state index >= 15 is 0 Å². The summed E-state index contributed by atoms with van der Waals surface area (Å²) in [5.74, 6) is 0.388. The number of benzene rings is 1. The quantitative estimate of drug-likeness (QED) is 0.864. The van der Waals surface area contributed by atoms with Gasteiger partial charge in [0.15, 0.2) is 0 Å². The third-order valence-electron chi connectivity index (χ3n) is 3.84. The Hall–Kier alpha value is -2.50. The van der Waals surface area contributed by atoms with E-state index in [1.165, 1.54) is 0 Å². The van der Waals surface area contributed by atoms with Gasteiger partial charge in [0.1, 0.15) is 12.4 Å². The molecule has 1 atom stereocenters. The minimum Gasteiger partial charge on any atom is -0.494 e. The smallest absolute Gasteiger partial charge is 0.338 e. The molecule has 2 amide bonds. The van der Waals surface area contributed by atoms with Crippen molar-refractivity contribution < 1.29 is 19.1 Å². The van der Waals surface area contributed by atoms with E-state index in [9.17, 15) is 9.59 Å². The number of carbonyl (C=O) groups excluding carboxylic acids is 2. The van der Waals surface area contributed by atoms with Crippen LogP contribution in [0, 0.1) is 0 Å². The number of nitrogens with one attached hydrogen (secondary N) is 1. The number of esters is 1. The molecular weight excluding hydrogens is 284 g/mol. The lowest BCUT2D eigenvalue weighted by atomic mass is 9.95. The Bertz CT molecular complexity index is 636. The van der Waals surface area contributed by atoms with E-state index in [4.69, 9.17) is 9.47 Å². The van der Waals surface area contributed by atoms with Gasteiger partial charge in [-0.25, -0.2) is 9.59 Å². The van der Waals surface area contributed by atoms with Crippen LogP contribution in [0.25, 0.3) is 0 Å². The third-order valence-corrected chi connectivity index (χ3v) is 3.84. The summed E-state index contributed by atoms with van der Waals surface area (Å²) >= 11 is 0. The Labute approximate surface area is 128 Å². The lowest BCUT2D eigenvalue weighted by Gasteiger charge is -2.32. The Balaban J connectivity index is 1.97. The molecule has 0 unspecified atom stereocenters. The van der Waals surface area contributed by atoms with Crippen LogP contribution in [0.15, 0.2) is 35.5 Å². The van der Waals surface area contributed by atoms with Crippen LogP contribution in [0.4, 0.5) is 4.79 Å². The molecule has 0 aromatic heterocycles.